The molecule has 5 rings (SSSR count). The maximum atomic E-state index is 14.0. The van der Waals surface area contributed by atoms with Crippen molar-refractivity contribution in [3.8, 4) is 11.3 Å². The summed E-state index contributed by atoms with van der Waals surface area (Å²) in [6, 6.07) is 16.0. The molecule has 3 aromatic heterocycles. The minimum absolute atomic E-state index is 0.113. The van der Waals surface area contributed by atoms with Crippen LogP contribution in [0.25, 0.3) is 27.9 Å². The Labute approximate surface area is 220 Å². The van der Waals surface area contributed by atoms with Gasteiger partial charge in [0, 0.05) is 30.2 Å². The summed E-state index contributed by atoms with van der Waals surface area (Å²) >= 11 is 0. The summed E-state index contributed by atoms with van der Waals surface area (Å²) in [5.41, 5.74) is 1.70. The van der Waals surface area contributed by atoms with Crippen LogP contribution in [-0.2, 0) is 14.8 Å². The number of benzene rings is 1. The lowest BCUT2D eigenvalue weighted by molar-refractivity contribution is 0.0270. The van der Waals surface area contributed by atoms with E-state index in [9.17, 15) is 17.6 Å². The van der Waals surface area contributed by atoms with Gasteiger partial charge in [-0.15, -0.1) is 0 Å². The Morgan fingerprint density at radius 1 is 1.05 bits per heavy atom. The number of fused-ring (bicyclic) bond motifs is 1. The van der Waals surface area contributed by atoms with Gasteiger partial charge in [-0.2, -0.15) is 4.39 Å². The lowest BCUT2D eigenvalue weighted by Crippen LogP contribution is -2.39. The second kappa shape index (κ2) is 9.68. The fourth-order valence-electron chi connectivity index (χ4n) is 4.42. The number of hydrogen-bond donors (Lipinski definition) is 0. The van der Waals surface area contributed by atoms with Gasteiger partial charge in [0.05, 0.1) is 16.3 Å². The zero-order chi connectivity index (χ0) is 27.1. The standard InChI is InChI=1S/C28H27FN4O4S/c1-28(2,3)37-27(34)32-16-13-19(14-17-32)24-18-22-21(23-10-7-11-25(29)31-23)12-15-30-26(22)33(24)38(35,36)20-8-5-4-6-9-20/h4-13,15,18H,14,16-17H2,1-3H3. The second-order valence-electron chi connectivity index (χ2n) is 9.96. The van der Waals surface area contributed by atoms with Crippen LogP contribution in [0.1, 0.15) is 32.9 Å². The van der Waals surface area contributed by atoms with E-state index in [4.69, 9.17) is 4.74 Å². The highest BCUT2D eigenvalue weighted by atomic mass is 32.2. The maximum Gasteiger partial charge on any atom is 0.410 e. The van der Waals surface area contributed by atoms with Crippen LogP contribution in [0.4, 0.5) is 9.18 Å². The van der Waals surface area contributed by atoms with Gasteiger partial charge in [-0.3, -0.25) is 0 Å². The Morgan fingerprint density at radius 2 is 1.82 bits per heavy atom. The summed E-state index contributed by atoms with van der Waals surface area (Å²) in [6.07, 6.45) is 3.31. The van der Waals surface area contributed by atoms with E-state index in [-0.39, 0.29) is 17.1 Å². The molecule has 38 heavy (non-hydrogen) atoms. The summed E-state index contributed by atoms with van der Waals surface area (Å²) in [5, 5.41) is 0.524. The minimum Gasteiger partial charge on any atom is -0.444 e. The third-order valence-electron chi connectivity index (χ3n) is 6.12. The van der Waals surface area contributed by atoms with Crippen LogP contribution in [-0.4, -0.2) is 52.0 Å². The van der Waals surface area contributed by atoms with Crippen molar-refractivity contribution < 1.29 is 22.3 Å². The molecular weight excluding hydrogens is 507 g/mol. The monoisotopic (exact) mass is 534 g/mol. The molecule has 0 atom stereocenters. The van der Waals surface area contributed by atoms with Crippen molar-refractivity contribution in [3.63, 3.8) is 0 Å². The van der Waals surface area contributed by atoms with Crippen LogP contribution < -0.4 is 0 Å². The van der Waals surface area contributed by atoms with Crippen molar-refractivity contribution in [1.82, 2.24) is 18.8 Å². The largest absolute Gasteiger partial charge is 0.444 e. The van der Waals surface area contributed by atoms with Gasteiger partial charge < -0.3 is 9.64 Å². The molecular formula is C28H27FN4O4S. The Kier molecular flexibility index (Phi) is 6.52. The first-order valence-electron chi connectivity index (χ1n) is 12.2. The number of nitrogens with zero attached hydrogens (tertiary/aromatic N) is 4. The van der Waals surface area contributed by atoms with E-state index in [0.29, 0.717) is 35.3 Å². The predicted octanol–water partition coefficient (Wildman–Crippen LogP) is 5.50. The van der Waals surface area contributed by atoms with Gasteiger partial charge in [-0.25, -0.2) is 27.2 Å². The number of pyridine rings is 2. The van der Waals surface area contributed by atoms with Crippen molar-refractivity contribution in [3.05, 3.63) is 84.6 Å². The molecule has 0 aliphatic carbocycles. The zero-order valence-electron chi connectivity index (χ0n) is 21.3. The van der Waals surface area contributed by atoms with E-state index in [0.717, 1.165) is 5.57 Å². The van der Waals surface area contributed by atoms with Crippen LogP contribution in [0.2, 0.25) is 0 Å². The highest BCUT2D eigenvalue weighted by molar-refractivity contribution is 7.90. The first kappa shape index (κ1) is 25.6. The Hall–Kier alpha value is -4.05. The van der Waals surface area contributed by atoms with E-state index in [1.54, 1.807) is 68.1 Å². The van der Waals surface area contributed by atoms with Crippen molar-refractivity contribution in [2.45, 2.75) is 37.7 Å². The van der Waals surface area contributed by atoms with Gasteiger partial charge in [-0.1, -0.05) is 30.3 Å². The number of carbonyl (C=O) groups is 1. The summed E-state index contributed by atoms with van der Waals surface area (Å²) in [6.45, 7) is 6.05. The average molecular weight is 535 g/mol. The SMILES string of the molecule is CC(C)(C)OC(=O)N1CC=C(c2cc3c(-c4cccc(F)n4)ccnc3n2S(=O)(=O)c2ccccc2)CC1. The number of rotatable bonds is 4. The lowest BCUT2D eigenvalue weighted by atomic mass is 10.0. The third kappa shape index (κ3) is 4.91. The maximum absolute atomic E-state index is 14.0. The number of carbonyl (C=O) groups excluding carboxylic acids is 1. The van der Waals surface area contributed by atoms with Gasteiger partial charge in [0.1, 0.15) is 5.60 Å². The number of halogens is 1. The normalized spacial score (nSPS) is 14.4. The van der Waals surface area contributed by atoms with Gasteiger partial charge in [0.15, 0.2) is 5.65 Å². The molecule has 1 aliphatic rings. The molecule has 8 nitrogen and oxygen atoms in total. The first-order valence-corrected chi connectivity index (χ1v) is 13.6. The number of hydrogen-bond acceptors (Lipinski definition) is 6. The van der Waals surface area contributed by atoms with E-state index in [1.165, 1.54) is 28.4 Å². The quantitative estimate of drug-likeness (QED) is 0.321. The molecule has 0 saturated carbocycles. The molecule has 0 fully saturated rings. The zero-order valence-corrected chi connectivity index (χ0v) is 22.1. The average Bonchev–Trinajstić information content (AvgIpc) is 3.29. The molecule has 1 aromatic carbocycles. The van der Waals surface area contributed by atoms with Crippen LogP contribution in [0.5, 0.6) is 0 Å². The first-order chi connectivity index (χ1) is 18.0. The summed E-state index contributed by atoms with van der Waals surface area (Å²) in [4.78, 5) is 22.7. The number of aromatic nitrogens is 3. The van der Waals surface area contributed by atoms with Crippen LogP contribution in [0.15, 0.2) is 77.8 Å². The highest BCUT2D eigenvalue weighted by Crippen LogP contribution is 2.36. The molecule has 1 amide bonds. The molecule has 0 N–H and O–H groups in total. The van der Waals surface area contributed by atoms with Gasteiger partial charge in [0.2, 0.25) is 5.95 Å². The third-order valence-corrected chi connectivity index (χ3v) is 7.84. The van der Waals surface area contributed by atoms with Crippen molar-refractivity contribution in [2.75, 3.05) is 13.1 Å². The van der Waals surface area contributed by atoms with E-state index in [1.807, 2.05) is 6.08 Å². The fourth-order valence-corrected chi connectivity index (χ4v) is 5.93. The summed E-state index contributed by atoms with van der Waals surface area (Å²) in [7, 11) is -4.05. The molecule has 0 saturated heterocycles. The molecule has 4 heterocycles. The molecule has 196 valence electrons. The lowest BCUT2D eigenvalue weighted by Gasteiger charge is -2.29. The smallest absolute Gasteiger partial charge is 0.410 e. The van der Waals surface area contributed by atoms with Crippen LogP contribution in [0.3, 0.4) is 0 Å². The Morgan fingerprint density at radius 3 is 2.47 bits per heavy atom. The van der Waals surface area contributed by atoms with Crippen molar-refractivity contribution >= 4 is 32.7 Å². The van der Waals surface area contributed by atoms with Crippen molar-refractivity contribution in [2.24, 2.45) is 0 Å². The number of amides is 1. The van der Waals surface area contributed by atoms with Gasteiger partial charge in [0.25, 0.3) is 10.0 Å². The number of ether oxygens (including phenoxy) is 1. The topological polar surface area (TPSA) is 94.4 Å². The molecule has 0 unspecified atom stereocenters. The highest BCUT2D eigenvalue weighted by Gasteiger charge is 2.29. The van der Waals surface area contributed by atoms with E-state index < -0.39 is 27.7 Å². The minimum atomic E-state index is -4.05. The molecule has 0 radical (unpaired) electrons. The van der Waals surface area contributed by atoms with E-state index in [2.05, 4.69) is 9.97 Å². The van der Waals surface area contributed by atoms with Gasteiger partial charge in [-0.05, 0) is 69.2 Å². The van der Waals surface area contributed by atoms with E-state index >= 15 is 0 Å². The summed E-state index contributed by atoms with van der Waals surface area (Å²) in [5.74, 6) is -0.638. The molecule has 1 aliphatic heterocycles. The molecule has 0 bridgehead atoms. The Bertz CT molecular complexity index is 1660. The predicted molar refractivity (Wildman–Crippen MR) is 142 cm³/mol. The molecule has 0 spiro atoms. The second-order valence-corrected chi connectivity index (χ2v) is 11.7. The van der Waals surface area contributed by atoms with Crippen LogP contribution in [0, 0.1) is 5.95 Å². The van der Waals surface area contributed by atoms with Crippen molar-refractivity contribution in [1.29, 1.82) is 0 Å². The Balaban J connectivity index is 1.66. The van der Waals surface area contributed by atoms with Crippen LogP contribution >= 0.6 is 0 Å². The summed E-state index contributed by atoms with van der Waals surface area (Å²) < 4.78 is 48.6. The molecule has 10 heteroatoms. The van der Waals surface area contributed by atoms with Gasteiger partial charge >= 0.3 is 6.09 Å². The molecule has 4 aromatic rings. The fraction of sp³-hybridized carbons (Fsp3) is 0.250.